The number of carbonyl (C=O) groups excluding carboxylic acids is 1. The number of carbonyl (C=O) groups is 1. The van der Waals surface area contributed by atoms with E-state index in [1.165, 1.54) is 44.9 Å². The van der Waals surface area contributed by atoms with Crippen molar-refractivity contribution in [2.45, 2.75) is 90.6 Å². The van der Waals surface area contributed by atoms with E-state index in [-0.39, 0.29) is 5.97 Å². The quantitative estimate of drug-likeness (QED) is 0.749. The summed E-state index contributed by atoms with van der Waals surface area (Å²) in [4.78, 5) is 12.2. The highest BCUT2D eigenvalue weighted by Gasteiger charge is 2.79. The maximum absolute atomic E-state index is 12.2. The molecular weight excluding hydrogens is 322 g/mol. The Hall–Kier alpha value is -0.570. The first kappa shape index (κ1) is 17.5. The van der Waals surface area contributed by atoms with Crippen molar-refractivity contribution >= 4 is 5.97 Å². The number of ether oxygens (including phenoxy) is 1. The van der Waals surface area contributed by atoms with Crippen LogP contribution >= 0.6 is 0 Å². The van der Waals surface area contributed by atoms with Crippen LogP contribution in [-0.2, 0) is 9.53 Å². The molecule has 6 fully saturated rings. The van der Waals surface area contributed by atoms with E-state index in [0.29, 0.717) is 28.7 Å². The standard InChI is InChI=1S/C23H37NO2/c1-14(2)15-7-11-21(3)16-8-12-22-10-5-6-17(22)23(21,13-9-18(25)26-4)19(15)24-20(16)22/h14-17,19-20,24H,5-13H2,1-4H3/t15-,16+,17+,19-,20+,21-,22+,23-/m0/s1. The van der Waals surface area contributed by atoms with E-state index in [1.807, 2.05) is 0 Å². The van der Waals surface area contributed by atoms with Crippen molar-refractivity contribution in [1.29, 1.82) is 0 Å². The van der Waals surface area contributed by atoms with Crippen LogP contribution in [0.4, 0.5) is 0 Å². The lowest BCUT2D eigenvalue weighted by atomic mass is 9.33. The summed E-state index contributed by atoms with van der Waals surface area (Å²) in [6.07, 6.45) is 11.5. The van der Waals surface area contributed by atoms with Crippen molar-refractivity contribution in [3.63, 3.8) is 0 Å². The van der Waals surface area contributed by atoms with Gasteiger partial charge < -0.3 is 10.1 Å². The Morgan fingerprint density at radius 1 is 1.15 bits per heavy atom. The summed E-state index contributed by atoms with van der Waals surface area (Å²) in [7, 11) is 1.55. The lowest BCUT2D eigenvalue weighted by Gasteiger charge is -2.76. The van der Waals surface area contributed by atoms with Gasteiger partial charge in [-0.3, -0.25) is 4.79 Å². The molecule has 3 nitrogen and oxygen atoms in total. The monoisotopic (exact) mass is 359 g/mol. The largest absolute Gasteiger partial charge is 0.469 e. The average molecular weight is 360 g/mol. The molecule has 26 heavy (non-hydrogen) atoms. The molecule has 3 heteroatoms. The van der Waals surface area contributed by atoms with Crippen molar-refractivity contribution in [2.24, 2.45) is 39.9 Å². The van der Waals surface area contributed by atoms with Crippen LogP contribution in [0.2, 0.25) is 0 Å². The van der Waals surface area contributed by atoms with Crippen LogP contribution in [0.5, 0.6) is 0 Å². The maximum atomic E-state index is 12.2. The van der Waals surface area contributed by atoms with Gasteiger partial charge in [0.1, 0.15) is 0 Å². The van der Waals surface area contributed by atoms with Crippen molar-refractivity contribution in [1.82, 2.24) is 5.32 Å². The molecule has 0 aromatic heterocycles. The van der Waals surface area contributed by atoms with Gasteiger partial charge in [0.05, 0.1) is 7.11 Å². The van der Waals surface area contributed by atoms with Crippen LogP contribution in [0.15, 0.2) is 0 Å². The molecule has 0 amide bonds. The number of hydrogen-bond acceptors (Lipinski definition) is 3. The zero-order valence-corrected chi connectivity index (χ0v) is 17.1. The molecule has 6 rings (SSSR count). The molecule has 0 aromatic rings. The first-order chi connectivity index (χ1) is 12.4. The van der Waals surface area contributed by atoms with Crippen LogP contribution in [0.3, 0.4) is 0 Å². The first-order valence-corrected chi connectivity index (χ1v) is 11.2. The number of esters is 1. The second kappa shape index (κ2) is 5.49. The Balaban J connectivity index is 1.65. The number of methoxy groups -OCH3 is 1. The molecule has 4 aliphatic carbocycles. The van der Waals surface area contributed by atoms with Gasteiger partial charge in [-0.1, -0.05) is 27.2 Å². The zero-order chi connectivity index (χ0) is 18.3. The molecule has 1 spiro atoms. The highest BCUT2D eigenvalue weighted by Crippen LogP contribution is 2.80. The van der Waals surface area contributed by atoms with Gasteiger partial charge in [0.2, 0.25) is 0 Å². The third-order valence-electron chi connectivity index (χ3n) is 10.4. The highest BCUT2D eigenvalue weighted by atomic mass is 16.5. The minimum atomic E-state index is -0.00534. The normalized spacial score (nSPS) is 53.8. The fourth-order valence-electron chi connectivity index (χ4n) is 9.61. The van der Waals surface area contributed by atoms with E-state index < -0.39 is 0 Å². The van der Waals surface area contributed by atoms with Gasteiger partial charge in [-0.15, -0.1) is 0 Å². The Labute approximate surface area is 159 Å². The predicted molar refractivity (Wildman–Crippen MR) is 103 cm³/mol. The van der Waals surface area contributed by atoms with Crippen LogP contribution in [0.1, 0.15) is 78.6 Å². The number of hydrogen-bond donors (Lipinski definition) is 1. The summed E-state index contributed by atoms with van der Waals surface area (Å²) in [5.41, 5.74) is 1.28. The minimum Gasteiger partial charge on any atom is -0.469 e. The highest BCUT2D eigenvalue weighted by molar-refractivity contribution is 5.69. The smallest absolute Gasteiger partial charge is 0.305 e. The molecule has 0 radical (unpaired) electrons. The third-order valence-corrected chi connectivity index (χ3v) is 10.4. The van der Waals surface area contributed by atoms with E-state index in [0.717, 1.165) is 36.1 Å². The van der Waals surface area contributed by atoms with Gasteiger partial charge in [0, 0.05) is 18.5 Å². The molecular formula is C23H37NO2. The number of nitrogens with one attached hydrogen (secondary N) is 1. The maximum Gasteiger partial charge on any atom is 0.305 e. The third kappa shape index (κ3) is 1.78. The summed E-state index contributed by atoms with van der Waals surface area (Å²) in [5, 5.41) is 4.30. The van der Waals surface area contributed by atoms with Gasteiger partial charge in [0.25, 0.3) is 0 Å². The van der Waals surface area contributed by atoms with E-state index in [4.69, 9.17) is 4.74 Å². The lowest BCUT2D eigenvalue weighted by Crippen LogP contribution is -2.80. The van der Waals surface area contributed by atoms with Crippen LogP contribution < -0.4 is 5.32 Å². The second-order valence-corrected chi connectivity index (χ2v) is 10.9. The van der Waals surface area contributed by atoms with Gasteiger partial charge in [-0.25, -0.2) is 0 Å². The summed E-state index contributed by atoms with van der Waals surface area (Å²) in [5.74, 6) is 3.15. The molecule has 4 saturated carbocycles. The second-order valence-electron chi connectivity index (χ2n) is 10.9. The average Bonchev–Trinajstić information content (AvgIpc) is 3.19. The van der Waals surface area contributed by atoms with Crippen molar-refractivity contribution in [2.75, 3.05) is 7.11 Å². The summed E-state index contributed by atoms with van der Waals surface area (Å²) < 4.78 is 5.09. The Morgan fingerprint density at radius 3 is 2.69 bits per heavy atom. The molecule has 0 aromatic carbocycles. The van der Waals surface area contributed by atoms with Gasteiger partial charge in [-0.2, -0.15) is 0 Å². The molecule has 8 atom stereocenters. The van der Waals surface area contributed by atoms with Crippen LogP contribution in [0, 0.1) is 39.9 Å². The number of piperidine rings is 2. The lowest BCUT2D eigenvalue weighted by molar-refractivity contribution is -0.247. The zero-order valence-electron chi connectivity index (χ0n) is 17.1. The summed E-state index contributed by atoms with van der Waals surface area (Å²) >= 11 is 0. The molecule has 2 heterocycles. The molecule has 0 unspecified atom stereocenters. The van der Waals surface area contributed by atoms with E-state index >= 15 is 0 Å². The van der Waals surface area contributed by atoms with Crippen molar-refractivity contribution < 1.29 is 9.53 Å². The topological polar surface area (TPSA) is 38.3 Å². The Kier molecular flexibility index (Phi) is 3.70. The first-order valence-electron chi connectivity index (χ1n) is 11.2. The molecule has 146 valence electrons. The van der Waals surface area contributed by atoms with Crippen molar-refractivity contribution in [3.8, 4) is 0 Å². The van der Waals surface area contributed by atoms with E-state index in [9.17, 15) is 4.79 Å². The molecule has 1 N–H and O–H groups in total. The summed E-state index contributed by atoms with van der Waals surface area (Å²) in [6.45, 7) is 7.48. The molecule has 2 aliphatic heterocycles. The molecule has 6 bridgehead atoms. The Bertz CT molecular complexity index is 617. The fourth-order valence-corrected chi connectivity index (χ4v) is 9.61. The Morgan fingerprint density at radius 2 is 1.96 bits per heavy atom. The SMILES string of the molecule is COC(=O)CC[C@]12[C@@H]3CCC[C@@]34CC[C@@H]3[C@H]4N[C@H]1[C@H](C(C)C)CC[C@@]32C. The minimum absolute atomic E-state index is 0.00534. The van der Waals surface area contributed by atoms with Crippen molar-refractivity contribution in [3.05, 3.63) is 0 Å². The predicted octanol–water partition coefficient (Wildman–Crippen LogP) is 4.55. The van der Waals surface area contributed by atoms with Gasteiger partial charge in [0.15, 0.2) is 0 Å². The summed E-state index contributed by atoms with van der Waals surface area (Å²) in [6, 6.07) is 1.37. The fraction of sp³-hybridized carbons (Fsp3) is 0.957. The molecule has 6 aliphatic rings. The number of rotatable bonds is 4. The van der Waals surface area contributed by atoms with E-state index in [2.05, 4.69) is 26.1 Å². The van der Waals surface area contributed by atoms with Crippen LogP contribution in [-0.4, -0.2) is 25.2 Å². The molecule has 2 saturated heterocycles. The van der Waals surface area contributed by atoms with E-state index in [1.54, 1.807) is 7.11 Å². The van der Waals surface area contributed by atoms with Gasteiger partial charge in [-0.05, 0) is 84.9 Å². The van der Waals surface area contributed by atoms with Gasteiger partial charge >= 0.3 is 5.97 Å². The van der Waals surface area contributed by atoms with Crippen LogP contribution in [0.25, 0.3) is 0 Å².